The number of nitrogens with zero attached hydrogens (tertiary/aromatic N) is 3. The zero-order valence-corrected chi connectivity index (χ0v) is 46.0. The minimum atomic E-state index is -1.70. The Morgan fingerprint density at radius 3 is 1.46 bits per heavy atom. The van der Waals surface area contributed by atoms with Crippen LogP contribution in [0.3, 0.4) is 0 Å². The number of carbonyl (C=O) groups is 13. The van der Waals surface area contributed by atoms with Gasteiger partial charge >= 0.3 is 29.6 Å². The number of rotatable bonds is 34. The number of benzene rings is 1. The smallest absolute Gasteiger partial charge is 0.326 e. The minimum Gasteiger partial charge on any atom is -0.502 e. The van der Waals surface area contributed by atoms with Gasteiger partial charge in [-0.2, -0.15) is 0 Å². The summed E-state index contributed by atoms with van der Waals surface area (Å²) in [5.41, 5.74) is 11.2. The fourth-order valence-corrected chi connectivity index (χ4v) is 9.32. The molecule has 0 bridgehead atoms. The van der Waals surface area contributed by atoms with Crippen LogP contribution in [-0.4, -0.2) is 185 Å². The Balaban J connectivity index is 1.85. The van der Waals surface area contributed by atoms with Crippen molar-refractivity contribution in [3.8, 4) is 5.75 Å². The highest BCUT2D eigenvalue weighted by molar-refractivity contribution is 5.99. The summed E-state index contributed by atoms with van der Waals surface area (Å²) in [6.45, 7) is 6.34. The van der Waals surface area contributed by atoms with Crippen molar-refractivity contribution in [3.63, 3.8) is 0 Å². The SMILES string of the molecule is CC[C@H](C)[C@H](NC(=O)[C@H](CCC(N)=O)NC(=O)[C@@H](NC(=O)[C@H](CCC(=O)O)NC(=O)[C@@H]1CCCN1C(=O)[C@H](CCC(=O)O)NC(=O)[C@@H]1CCCN1C(=O)[C@@H](N)Cc1ccc(O)c([N+](=O)[O-])c1)[C@@H](C)CC)C(=O)N[C@@H](CCC(=O)O)C(=O)O. The molecule has 454 valence electrons. The summed E-state index contributed by atoms with van der Waals surface area (Å²) < 4.78 is 0. The minimum absolute atomic E-state index is 0.0194. The van der Waals surface area contributed by atoms with Gasteiger partial charge in [-0.3, -0.25) is 67.6 Å². The number of hydrogen-bond acceptors (Lipinski definition) is 17. The Morgan fingerprint density at radius 1 is 0.610 bits per heavy atom. The van der Waals surface area contributed by atoms with Gasteiger partial charge in [-0.15, -0.1) is 0 Å². The lowest BCUT2D eigenvalue weighted by Gasteiger charge is -2.32. The molecule has 2 aliphatic rings. The van der Waals surface area contributed by atoms with Gasteiger partial charge in [0.1, 0.15) is 48.3 Å². The molecular formula is C51H75N11O20. The van der Waals surface area contributed by atoms with Crippen molar-refractivity contribution in [2.75, 3.05) is 13.1 Å². The number of hydrogen-bond donors (Lipinski definition) is 13. The summed E-state index contributed by atoms with van der Waals surface area (Å²) >= 11 is 0. The molecule has 31 heteroatoms. The molecule has 0 aliphatic carbocycles. The first-order valence-electron chi connectivity index (χ1n) is 26.8. The van der Waals surface area contributed by atoms with E-state index >= 15 is 0 Å². The van der Waals surface area contributed by atoms with E-state index in [2.05, 4.69) is 31.9 Å². The highest BCUT2D eigenvalue weighted by Crippen LogP contribution is 2.28. The third kappa shape index (κ3) is 20.2. The van der Waals surface area contributed by atoms with E-state index in [0.717, 1.165) is 17.0 Å². The third-order valence-corrected chi connectivity index (χ3v) is 14.4. The lowest BCUT2D eigenvalue weighted by Crippen LogP contribution is -2.61. The zero-order valence-electron chi connectivity index (χ0n) is 46.0. The lowest BCUT2D eigenvalue weighted by molar-refractivity contribution is -0.385. The van der Waals surface area contributed by atoms with E-state index in [4.69, 9.17) is 16.6 Å². The molecule has 2 aliphatic heterocycles. The predicted molar refractivity (Wildman–Crippen MR) is 283 cm³/mol. The number of amides is 9. The molecule has 11 atom stereocenters. The number of aliphatic carboxylic acids is 4. The second-order valence-corrected chi connectivity index (χ2v) is 20.4. The molecule has 0 aromatic heterocycles. The molecule has 82 heavy (non-hydrogen) atoms. The van der Waals surface area contributed by atoms with Crippen LogP contribution < -0.4 is 43.4 Å². The summed E-state index contributed by atoms with van der Waals surface area (Å²) in [4.78, 5) is 183. The summed E-state index contributed by atoms with van der Waals surface area (Å²) in [6.07, 6.45) is -3.59. The number of nitro benzene ring substituents is 1. The topological polar surface area (TPSA) is 497 Å². The number of carbonyl (C=O) groups excluding carboxylic acids is 9. The number of nitrogens with two attached hydrogens (primary N) is 2. The Kier molecular flexibility index (Phi) is 26.5. The van der Waals surface area contributed by atoms with E-state index in [1.54, 1.807) is 20.8 Å². The highest BCUT2D eigenvalue weighted by Gasteiger charge is 2.43. The molecule has 0 unspecified atom stereocenters. The maximum absolute atomic E-state index is 14.3. The number of nitro groups is 1. The maximum atomic E-state index is 14.3. The van der Waals surface area contributed by atoms with Crippen LogP contribution in [0.5, 0.6) is 5.75 Å². The van der Waals surface area contributed by atoms with E-state index in [1.165, 1.54) is 17.9 Å². The normalized spacial score (nSPS) is 18.1. The van der Waals surface area contributed by atoms with Crippen molar-refractivity contribution in [2.45, 2.75) is 178 Å². The number of nitrogens with one attached hydrogen (secondary N) is 6. The van der Waals surface area contributed by atoms with E-state index in [0.29, 0.717) is 6.42 Å². The second kappa shape index (κ2) is 32.1. The molecule has 15 N–H and O–H groups in total. The summed E-state index contributed by atoms with van der Waals surface area (Å²) in [5.74, 6) is -16.1. The van der Waals surface area contributed by atoms with Gasteiger partial charge in [0.05, 0.1) is 11.0 Å². The highest BCUT2D eigenvalue weighted by atomic mass is 16.6. The molecule has 0 saturated carbocycles. The molecule has 1 aromatic carbocycles. The van der Waals surface area contributed by atoms with E-state index in [-0.39, 0.29) is 57.2 Å². The molecule has 3 rings (SSSR count). The van der Waals surface area contributed by atoms with E-state index in [9.17, 15) is 92.9 Å². The number of aromatic hydroxyl groups is 1. The monoisotopic (exact) mass is 1160 g/mol. The van der Waals surface area contributed by atoms with Gasteiger partial charge in [0.2, 0.25) is 53.2 Å². The van der Waals surface area contributed by atoms with Crippen LogP contribution in [-0.2, 0) is 68.7 Å². The third-order valence-electron chi connectivity index (χ3n) is 14.4. The van der Waals surface area contributed by atoms with Crippen LogP contribution in [0.1, 0.15) is 123 Å². The zero-order chi connectivity index (χ0) is 61.7. The molecule has 2 saturated heterocycles. The molecule has 2 heterocycles. The number of primary amides is 1. The van der Waals surface area contributed by atoms with Gasteiger partial charge in [0.15, 0.2) is 5.75 Å². The lowest BCUT2D eigenvalue weighted by atomic mass is 9.95. The molecule has 2 fully saturated rings. The summed E-state index contributed by atoms with van der Waals surface area (Å²) in [7, 11) is 0. The van der Waals surface area contributed by atoms with Gasteiger partial charge in [-0.05, 0) is 81.3 Å². The quantitative estimate of drug-likeness (QED) is 0.0265. The Labute approximate surface area is 470 Å². The molecule has 31 nitrogen and oxygen atoms in total. The summed E-state index contributed by atoms with van der Waals surface area (Å²) in [6, 6.07) is -9.95. The molecule has 1 aromatic rings. The number of phenolic OH excluding ortho intramolecular Hbond substituents is 1. The summed E-state index contributed by atoms with van der Waals surface area (Å²) in [5, 5.41) is 73.8. The van der Waals surface area contributed by atoms with Crippen LogP contribution in [0, 0.1) is 22.0 Å². The largest absolute Gasteiger partial charge is 0.502 e. The van der Waals surface area contributed by atoms with Gasteiger partial charge in [0, 0.05) is 44.8 Å². The van der Waals surface area contributed by atoms with Crippen LogP contribution in [0.2, 0.25) is 0 Å². The Morgan fingerprint density at radius 2 is 1.02 bits per heavy atom. The standard InChI is InChI=1S/C51H75N11O20/c1-5-25(3)41(47(75)55-29(12-17-37(53)64)43(71)59-42(26(4)6-2)48(76)57-32(51(79)80)15-20-40(69)70)58-44(72)30(13-18-38(65)66)54-45(73)34-10-8-22-61(34)50(78)31(14-19-39(67)68)56-46(74)33-9-7-21-60(33)49(77)28(52)23-27-11-16-36(63)35(24-27)62(81)82/h11,16,24-26,28-34,41-42,63H,5-10,12-15,17-23,52H2,1-4H3,(H2,53,64)(H,54,73)(H,55,75)(H,56,74)(H,57,76)(H,58,72)(H,59,71)(H,65,66)(H,67,68)(H,69,70)(H,79,80)/t25-,26-,28-,29-,30-,31-,32-,33-,34-,41-,42-/m0/s1. The van der Waals surface area contributed by atoms with Crippen molar-refractivity contribution in [1.82, 2.24) is 41.7 Å². The predicted octanol–water partition coefficient (Wildman–Crippen LogP) is -1.90. The van der Waals surface area contributed by atoms with Crippen molar-refractivity contribution in [2.24, 2.45) is 23.3 Å². The first-order valence-corrected chi connectivity index (χ1v) is 26.8. The Bertz CT molecular complexity index is 2570. The van der Waals surface area contributed by atoms with Crippen molar-refractivity contribution < 1.29 is 92.8 Å². The second-order valence-electron chi connectivity index (χ2n) is 20.4. The molecule has 0 radical (unpaired) electrons. The maximum Gasteiger partial charge on any atom is 0.326 e. The van der Waals surface area contributed by atoms with E-state index in [1.807, 2.05) is 0 Å². The average Bonchev–Trinajstić information content (AvgIpc) is 4.12. The molecule has 9 amide bonds. The van der Waals surface area contributed by atoms with Gasteiger partial charge in [-0.25, -0.2) is 4.79 Å². The van der Waals surface area contributed by atoms with Crippen molar-refractivity contribution in [3.05, 3.63) is 33.9 Å². The average molecular weight is 1160 g/mol. The fraction of sp³-hybridized carbons (Fsp3) is 0.627. The van der Waals surface area contributed by atoms with Crippen molar-refractivity contribution in [1.29, 1.82) is 0 Å². The van der Waals surface area contributed by atoms with Gasteiger partial charge < -0.3 is 78.7 Å². The van der Waals surface area contributed by atoms with Crippen molar-refractivity contribution >= 4 is 82.7 Å². The first kappa shape index (κ1) is 67.8. The van der Waals surface area contributed by atoms with Crippen LogP contribution in [0.4, 0.5) is 5.69 Å². The van der Waals surface area contributed by atoms with Crippen LogP contribution >= 0.6 is 0 Å². The van der Waals surface area contributed by atoms with Gasteiger partial charge in [-0.1, -0.05) is 46.6 Å². The molecule has 0 spiro atoms. The Hall–Kier alpha value is -8.51. The number of carboxylic acids is 4. The number of carboxylic acid groups (broad SMARTS) is 4. The van der Waals surface area contributed by atoms with Crippen LogP contribution in [0.15, 0.2) is 18.2 Å². The fourth-order valence-electron chi connectivity index (χ4n) is 9.32. The number of phenols is 1. The number of likely N-dealkylation sites (tertiary alicyclic amines) is 2. The first-order chi connectivity index (χ1) is 38.5. The van der Waals surface area contributed by atoms with Crippen LogP contribution in [0.25, 0.3) is 0 Å². The van der Waals surface area contributed by atoms with Gasteiger partial charge in [0.25, 0.3) is 0 Å². The molecular weight excluding hydrogens is 1090 g/mol. The van der Waals surface area contributed by atoms with E-state index < -0.39 is 211 Å².